The summed E-state index contributed by atoms with van der Waals surface area (Å²) in [6.07, 6.45) is 1.05. The van der Waals surface area contributed by atoms with Crippen LogP contribution in [0.1, 0.15) is 30.2 Å². The number of anilines is 1. The van der Waals surface area contributed by atoms with Crippen molar-refractivity contribution in [1.82, 2.24) is 4.98 Å². The highest BCUT2D eigenvalue weighted by Crippen LogP contribution is 2.21. The van der Waals surface area contributed by atoms with Gasteiger partial charge >= 0.3 is 0 Å². The standard InChI is InChI=1S/C17H21ClN2O/c1-4-7-19-17-6-5-15(18)16(20-17)11-21-14-9-12(2)8-13(3)10-14/h5-6,8-10H,4,7,11H2,1-3H3,(H,19,20). The van der Waals surface area contributed by atoms with Crippen LogP contribution in [0.4, 0.5) is 5.82 Å². The van der Waals surface area contributed by atoms with Crippen LogP contribution in [-0.2, 0) is 6.61 Å². The lowest BCUT2D eigenvalue weighted by Gasteiger charge is -2.11. The Morgan fingerprint density at radius 3 is 2.52 bits per heavy atom. The smallest absolute Gasteiger partial charge is 0.132 e. The van der Waals surface area contributed by atoms with Crippen molar-refractivity contribution in [3.05, 3.63) is 52.2 Å². The molecule has 0 fully saturated rings. The number of benzene rings is 1. The fraction of sp³-hybridized carbons (Fsp3) is 0.353. The monoisotopic (exact) mass is 304 g/mol. The number of aryl methyl sites for hydroxylation is 2. The van der Waals surface area contributed by atoms with Gasteiger partial charge < -0.3 is 10.1 Å². The Morgan fingerprint density at radius 1 is 1.14 bits per heavy atom. The van der Waals surface area contributed by atoms with Gasteiger partial charge in [0.15, 0.2) is 0 Å². The van der Waals surface area contributed by atoms with Crippen molar-refractivity contribution in [1.29, 1.82) is 0 Å². The van der Waals surface area contributed by atoms with Crippen LogP contribution in [0.15, 0.2) is 30.3 Å². The molecule has 1 aromatic heterocycles. The quantitative estimate of drug-likeness (QED) is 0.836. The summed E-state index contributed by atoms with van der Waals surface area (Å²) in [6.45, 7) is 7.49. The number of rotatable bonds is 6. The summed E-state index contributed by atoms with van der Waals surface area (Å²) < 4.78 is 5.82. The molecule has 1 heterocycles. The largest absolute Gasteiger partial charge is 0.487 e. The van der Waals surface area contributed by atoms with Gasteiger partial charge in [0.1, 0.15) is 18.2 Å². The van der Waals surface area contributed by atoms with Crippen molar-refractivity contribution < 1.29 is 4.74 Å². The lowest BCUT2D eigenvalue weighted by Crippen LogP contribution is -2.05. The van der Waals surface area contributed by atoms with E-state index in [1.807, 2.05) is 24.3 Å². The first kappa shape index (κ1) is 15.6. The molecule has 0 saturated heterocycles. The van der Waals surface area contributed by atoms with Gasteiger partial charge in [-0.2, -0.15) is 0 Å². The normalized spacial score (nSPS) is 10.5. The number of hydrogen-bond donors (Lipinski definition) is 1. The Morgan fingerprint density at radius 2 is 1.86 bits per heavy atom. The molecule has 1 aromatic carbocycles. The van der Waals surface area contributed by atoms with E-state index >= 15 is 0 Å². The highest BCUT2D eigenvalue weighted by molar-refractivity contribution is 6.31. The van der Waals surface area contributed by atoms with Gasteiger partial charge in [0.2, 0.25) is 0 Å². The lowest BCUT2D eigenvalue weighted by atomic mass is 10.1. The van der Waals surface area contributed by atoms with E-state index in [4.69, 9.17) is 16.3 Å². The van der Waals surface area contributed by atoms with Crippen molar-refractivity contribution in [2.45, 2.75) is 33.8 Å². The number of pyridine rings is 1. The van der Waals surface area contributed by atoms with Gasteiger partial charge in [-0.1, -0.05) is 24.6 Å². The van der Waals surface area contributed by atoms with E-state index in [2.05, 4.69) is 37.1 Å². The molecule has 0 amide bonds. The van der Waals surface area contributed by atoms with Crippen molar-refractivity contribution in [2.24, 2.45) is 0 Å². The van der Waals surface area contributed by atoms with E-state index < -0.39 is 0 Å². The molecule has 2 aromatic rings. The third-order valence-corrected chi connectivity index (χ3v) is 3.39. The molecule has 0 atom stereocenters. The molecule has 0 bridgehead atoms. The molecule has 3 nitrogen and oxygen atoms in total. The molecule has 2 rings (SSSR count). The van der Waals surface area contributed by atoms with Gasteiger partial charge in [0.05, 0.1) is 10.7 Å². The Kier molecular flexibility index (Phi) is 5.45. The number of nitrogens with one attached hydrogen (secondary N) is 1. The second kappa shape index (κ2) is 7.32. The first-order valence-electron chi connectivity index (χ1n) is 7.19. The molecular formula is C17H21ClN2O. The Balaban J connectivity index is 2.08. The summed E-state index contributed by atoms with van der Waals surface area (Å²) in [5.74, 6) is 1.68. The summed E-state index contributed by atoms with van der Waals surface area (Å²) in [5, 5.41) is 3.88. The third kappa shape index (κ3) is 4.64. The van der Waals surface area contributed by atoms with Crippen LogP contribution >= 0.6 is 11.6 Å². The van der Waals surface area contributed by atoms with E-state index in [-0.39, 0.29) is 0 Å². The molecule has 0 aliphatic rings. The topological polar surface area (TPSA) is 34.1 Å². The number of aromatic nitrogens is 1. The van der Waals surface area contributed by atoms with E-state index in [1.165, 1.54) is 11.1 Å². The molecule has 112 valence electrons. The van der Waals surface area contributed by atoms with E-state index in [9.17, 15) is 0 Å². The van der Waals surface area contributed by atoms with E-state index in [0.29, 0.717) is 11.6 Å². The van der Waals surface area contributed by atoms with Gasteiger partial charge in [-0.25, -0.2) is 4.98 Å². The third-order valence-electron chi connectivity index (χ3n) is 3.05. The first-order valence-corrected chi connectivity index (χ1v) is 7.56. The fourth-order valence-corrected chi connectivity index (χ4v) is 2.26. The summed E-state index contributed by atoms with van der Waals surface area (Å²) in [7, 11) is 0. The zero-order valence-corrected chi connectivity index (χ0v) is 13.5. The van der Waals surface area contributed by atoms with Crippen LogP contribution in [0.3, 0.4) is 0 Å². The Bertz CT molecular complexity index is 593. The minimum Gasteiger partial charge on any atom is -0.487 e. The number of ether oxygens (including phenoxy) is 1. The zero-order valence-electron chi connectivity index (χ0n) is 12.7. The van der Waals surface area contributed by atoms with Gasteiger partial charge in [-0.05, 0) is 55.7 Å². The van der Waals surface area contributed by atoms with Crippen LogP contribution in [0.5, 0.6) is 5.75 Å². The zero-order chi connectivity index (χ0) is 15.2. The van der Waals surface area contributed by atoms with Gasteiger partial charge in [0.25, 0.3) is 0 Å². The highest BCUT2D eigenvalue weighted by Gasteiger charge is 2.06. The molecule has 0 unspecified atom stereocenters. The minimum atomic E-state index is 0.364. The van der Waals surface area contributed by atoms with Crippen LogP contribution in [0.25, 0.3) is 0 Å². The number of hydrogen-bond acceptors (Lipinski definition) is 3. The van der Waals surface area contributed by atoms with E-state index in [0.717, 1.165) is 30.2 Å². The highest BCUT2D eigenvalue weighted by atomic mass is 35.5. The average molecular weight is 305 g/mol. The molecule has 0 saturated carbocycles. The molecule has 0 aliphatic carbocycles. The fourth-order valence-electron chi connectivity index (χ4n) is 2.11. The Labute approximate surface area is 131 Å². The molecule has 21 heavy (non-hydrogen) atoms. The predicted octanol–water partition coefficient (Wildman–Crippen LogP) is 4.75. The van der Waals surface area contributed by atoms with Gasteiger partial charge in [-0.15, -0.1) is 0 Å². The Hall–Kier alpha value is -1.74. The van der Waals surface area contributed by atoms with Crippen LogP contribution < -0.4 is 10.1 Å². The molecule has 0 radical (unpaired) electrons. The van der Waals surface area contributed by atoms with Crippen molar-refractivity contribution in [3.8, 4) is 5.75 Å². The predicted molar refractivity (Wildman–Crippen MR) is 88.3 cm³/mol. The molecule has 1 N–H and O–H groups in total. The van der Waals surface area contributed by atoms with Crippen molar-refractivity contribution in [3.63, 3.8) is 0 Å². The van der Waals surface area contributed by atoms with Crippen molar-refractivity contribution >= 4 is 17.4 Å². The minimum absolute atomic E-state index is 0.364. The summed E-state index contributed by atoms with van der Waals surface area (Å²) >= 11 is 6.19. The average Bonchev–Trinajstić information content (AvgIpc) is 2.44. The van der Waals surface area contributed by atoms with Crippen molar-refractivity contribution in [2.75, 3.05) is 11.9 Å². The van der Waals surface area contributed by atoms with Gasteiger partial charge in [0, 0.05) is 6.54 Å². The molecule has 0 aliphatic heterocycles. The van der Waals surface area contributed by atoms with E-state index in [1.54, 1.807) is 0 Å². The molecular weight excluding hydrogens is 284 g/mol. The maximum atomic E-state index is 6.19. The summed E-state index contributed by atoms with van der Waals surface area (Å²) in [6, 6.07) is 9.89. The maximum absolute atomic E-state index is 6.19. The van der Waals surface area contributed by atoms with Crippen LogP contribution in [0, 0.1) is 13.8 Å². The second-order valence-electron chi connectivity index (χ2n) is 5.16. The number of halogens is 1. The molecule has 0 spiro atoms. The number of nitrogens with zero attached hydrogens (tertiary/aromatic N) is 1. The maximum Gasteiger partial charge on any atom is 0.132 e. The van der Waals surface area contributed by atoms with Gasteiger partial charge in [-0.3, -0.25) is 0 Å². The lowest BCUT2D eigenvalue weighted by molar-refractivity contribution is 0.301. The summed E-state index contributed by atoms with van der Waals surface area (Å²) in [4.78, 5) is 4.50. The first-order chi connectivity index (χ1) is 10.1. The molecule has 4 heteroatoms. The van der Waals surface area contributed by atoms with Crippen LogP contribution in [-0.4, -0.2) is 11.5 Å². The SMILES string of the molecule is CCCNc1ccc(Cl)c(COc2cc(C)cc(C)c2)n1. The van der Waals surface area contributed by atoms with Crippen LogP contribution in [0.2, 0.25) is 5.02 Å². The second-order valence-corrected chi connectivity index (χ2v) is 5.57. The summed E-state index contributed by atoms with van der Waals surface area (Å²) in [5.41, 5.74) is 3.11.